The molecule has 0 aliphatic carbocycles. The van der Waals surface area contributed by atoms with Gasteiger partial charge < -0.3 is 15.0 Å². The molecule has 1 atom stereocenters. The van der Waals surface area contributed by atoms with Crippen LogP contribution in [0.25, 0.3) is 11.2 Å². The number of nitriles is 1. The van der Waals surface area contributed by atoms with Crippen LogP contribution in [-0.2, 0) is 18.3 Å². The molecule has 1 unspecified atom stereocenters. The molecule has 1 aliphatic rings. The summed E-state index contributed by atoms with van der Waals surface area (Å²) in [7, 11) is 1.72. The topological polar surface area (TPSA) is 105 Å². The molecule has 1 amide bonds. The van der Waals surface area contributed by atoms with E-state index in [2.05, 4.69) is 21.3 Å². The van der Waals surface area contributed by atoms with Crippen LogP contribution in [0.5, 0.6) is 0 Å². The third-order valence-electron chi connectivity index (χ3n) is 6.14. The van der Waals surface area contributed by atoms with Gasteiger partial charge in [-0.2, -0.15) is 5.26 Å². The number of nitrogens with zero attached hydrogens (tertiary/aromatic N) is 5. The Morgan fingerprint density at radius 1 is 1.31 bits per heavy atom. The van der Waals surface area contributed by atoms with E-state index in [9.17, 15) is 14.9 Å². The van der Waals surface area contributed by atoms with Crippen LogP contribution < -0.4 is 15.9 Å². The quantitative estimate of drug-likeness (QED) is 0.618. The van der Waals surface area contributed by atoms with E-state index in [-0.39, 0.29) is 18.3 Å². The molecule has 184 valence electrons. The van der Waals surface area contributed by atoms with Gasteiger partial charge >= 0.3 is 11.8 Å². The second kappa shape index (κ2) is 9.45. The first-order valence-electron chi connectivity index (χ1n) is 11.9. The van der Waals surface area contributed by atoms with Gasteiger partial charge in [-0.05, 0) is 58.2 Å². The van der Waals surface area contributed by atoms with Crippen molar-refractivity contribution in [2.75, 3.05) is 18.0 Å². The molecule has 1 N–H and O–H groups in total. The van der Waals surface area contributed by atoms with Crippen LogP contribution >= 0.6 is 0 Å². The van der Waals surface area contributed by atoms with Crippen molar-refractivity contribution in [3.05, 3.63) is 57.6 Å². The Morgan fingerprint density at radius 3 is 2.77 bits per heavy atom. The molecule has 2 aromatic heterocycles. The van der Waals surface area contributed by atoms with Crippen molar-refractivity contribution in [3.63, 3.8) is 0 Å². The van der Waals surface area contributed by atoms with E-state index in [0.717, 1.165) is 41.8 Å². The molecule has 0 saturated carbocycles. The van der Waals surface area contributed by atoms with E-state index < -0.39 is 11.7 Å². The van der Waals surface area contributed by atoms with Crippen molar-refractivity contribution >= 4 is 22.9 Å². The molecule has 3 aromatic rings. The van der Waals surface area contributed by atoms with Crippen LogP contribution in [0, 0.1) is 18.3 Å². The second-order valence-corrected chi connectivity index (χ2v) is 10.1. The zero-order valence-electron chi connectivity index (χ0n) is 21.0. The average molecular weight is 477 g/mol. The van der Waals surface area contributed by atoms with Gasteiger partial charge in [-0.15, -0.1) is 0 Å². The van der Waals surface area contributed by atoms with Gasteiger partial charge in [0.1, 0.15) is 11.1 Å². The number of fused-ring (bicyclic) bond motifs is 1. The fraction of sp³-hybridized carbons (Fsp3) is 0.462. The number of benzene rings is 1. The summed E-state index contributed by atoms with van der Waals surface area (Å²) in [5.74, 6) is 0. The summed E-state index contributed by atoms with van der Waals surface area (Å²) in [5.41, 5.74) is 3.60. The van der Waals surface area contributed by atoms with E-state index in [1.807, 2.05) is 52.0 Å². The third-order valence-corrected chi connectivity index (χ3v) is 6.14. The molecule has 3 heterocycles. The van der Waals surface area contributed by atoms with Crippen LogP contribution in [0.4, 0.5) is 10.5 Å². The number of nitrogens with one attached hydrogen (secondary N) is 1. The Kier molecular flexibility index (Phi) is 6.57. The molecule has 0 bridgehead atoms. The number of hydrogen-bond acceptors (Lipinski definition) is 6. The SMILES string of the molecule is Cc1cc(N2CCCC(NC(=O)OC(C)(C)C)C2)c2c(n1)n(C)c(=O)n2Cc1ccccc1C#N. The summed E-state index contributed by atoms with van der Waals surface area (Å²) < 4.78 is 8.69. The minimum absolute atomic E-state index is 0.0784. The zero-order chi connectivity index (χ0) is 25.3. The van der Waals surface area contributed by atoms with E-state index in [0.29, 0.717) is 17.8 Å². The zero-order valence-corrected chi connectivity index (χ0v) is 21.0. The Morgan fingerprint density at radius 2 is 2.06 bits per heavy atom. The van der Waals surface area contributed by atoms with Crippen LogP contribution in [0.1, 0.15) is 50.4 Å². The summed E-state index contributed by atoms with van der Waals surface area (Å²) in [6.07, 6.45) is 1.31. The lowest BCUT2D eigenvalue weighted by Crippen LogP contribution is -2.49. The molecule has 0 spiro atoms. The van der Waals surface area contributed by atoms with Crippen LogP contribution in [0.2, 0.25) is 0 Å². The van der Waals surface area contributed by atoms with Crippen LogP contribution in [-0.4, -0.2) is 44.9 Å². The van der Waals surface area contributed by atoms with Gasteiger partial charge in [0.25, 0.3) is 0 Å². The Hall–Kier alpha value is -3.80. The molecule has 1 aromatic carbocycles. The molecular weight excluding hydrogens is 444 g/mol. The van der Waals surface area contributed by atoms with Crippen molar-refractivity contribution in [2.45, 2.75) is 58.7 Å². The van der Waals surface area contributed by atoms with E-state index in [4.69, 9.17) is 4.74 Å². The van der Waals surface area contributed by atoms with E-state index >= 15 is 0 Å². The smallest absolute Gasteiger partial charge is 0.407 e. The lowest BCUT2D eigenvalue weighted by Gasteiger charge is -2.35. The minimum atomic E-state index is -0.563. The monoisotopic (exact) mass is 476 g/mol. The van der Waals surface area contributed by atoms with E-state index in [1.165, 1.54) is 0 Å². The molecule has 1 aliphatic heterocycles. The molecule has 1 fully saturated rings. The summed E-state index contributed by atoms with van der Waals surface area (Å²) in [6.45, 7) is 9.10. The van der Waals surface area contributed by atoms with Crippen molar-refractivity contribution in [1.82, 2.24) is 19.4 Å². The molecule has 4 rings (SSSR count). The van der Waals surface area contributed by atoms with Gasteiger partial charge in [0.05, 0.1) is 23.9 Å². The van der Waals surface area contributed by atoms with Gasteiger partial charge in [0, 0.05) is 31.9 Å². The molecule has 9 nitrogen and oxygen atoms in total. The highest BCUT2D eigenvalue weighted by Gasteiger charge is 2.27. The number of pyridine rings is 1. The first kappa shape index (κ1) is 24.3. The maximum Gasteiger partial charge on any atom is 0.407 e. The minimum Gasteiger partial charge on any atom is -0.444 e. The number of piperidine rings is 1. The number of carbonyl (C=O) groups is 1. The highest BCUT2D eigenvalue weighted by Crippen LogP contribution is 2.29. The van der Waals surface area contributed by atoms with E-state index in [1.54, 1.807) is 22.2 Å². The molecule has 35 heavy (non-hydrogen) atoms. The van der Waals surface area contributed by atoms with Crippen molar-refractivity contribution in [3.8, 4) is 6.07 Å². The highest BCUT2D eigenvalue weighted by molar-refractivity contribution is 5.87. The Labute approximate surface area is 204 Å². The maximum absolute atomic E-state index is 13.3. The van der Waals surface area contributed by atoms with Crippen molar-refractivity contribution in [1.29, 1.82) is 5.26 Å². The first-order chi connectivity index (χ1) is 16.6. The normalized spacial score (nSPS) is 16.2. The fourth-order valence-corrected chi connectivity index (χ4v) is 4.61. The lowest BCUT2D eigenvalue weighted by molar-refractivity contribution is 0.0500. The van der Waals surface area contributed by atoms with Gasteiger partial charge in [0.15, 0.2) is 5.65 Å². The number of aryl methyl sites for hydroxylation is 2. The predicted octanol–water partition coefficient (Wildman–Crippen LogP) is 3.46. The number of imidazole rings is 1. The number of hydrogen-bond donors (Lipinski definition) is 1. The van der Waals surface area contributed by atoms with Gasteiger partial charge in [0.2, 0.25) is 0 Å². The third kappa shape index (κ3) is 5.16. The molecule has 9 heteroatoms. The van der Waals surface area contributed by atoms with Crippen molar-refractivity contribution < 1.29 is 9.53 Å². The number of carbonyl (C=O) groups excluding carboxylic acids is 1. The van der Waals surface area contributed by atoms with Gasteiger partial charge in [-0.1, -0.05) is 18.2 Å². The van der Waals surface area contributed by atoms with Gasteiger partial charge in [-0.25, -0.2) is 14.6 Å². The van der Waals surface area contributed by atoms with Gasteiger partial charge in [-0.3, -0.25) is 9.13 Å². The van der Waals surface area contributed by atoms with Crippen LogP contribution in [0.15, 0.2) is 35.1 Å². The number of amides is 1. The summed E-state index contributed by atoms with van der Waals surface area (Å²) in [5, 5.41) is 12.5. The largest absolute Gasteiger partial charge is 0.444 e. The number of alkyl carbamates (subject to hydrolysis) is 1. The number of anilines is 1. The fourth-order valence-electron chi connectivity index (χ4n) is 4.61. The second-order valence-electron chi connectivity index (χ2n) is 10.1. The average Bonchev–Trinajstić information content (AvgIpc) is 3.02. The summed E-state index contributed by atoms with van der Waals surface area (Å²) in [6, 6.07) is 11.4. The van der Waals surface area contributed by atoms with Crippen molar-refractivity contribution in [2.24, 2.45) is 7.05 Å². The highest BCUT2D eigenvalue weighted by atomic mass is 16.6. The summed E-state index contributed by atoms with van der Waals surface area (Å²) >= 11 is 0. The predicted molar refractivity (Wildman–Crippen MR) is 135 cm³/mol. The van der Waals surface area contributed by atoms with Crippen LogP contribution in [0.3, 0.4) is 0 Å². The first-order valence-corrected chi connectivity index (χ1v) is 11.9. The number of ether oxygens (including phenoxy) is 1. The number of aromatic nitrogens is 3. The lowest BCUT2D eigenvalue weighted by atomic mass is 10.0. The molecule has 1 saturated heterocycles. The maximum atomic E-state index is 13.3. The molecular formula is C26H32N6O3. The molecule has 0 radical (unpaired) electrons. The standard InChI is InChI=1S/C26H32N6O3/c1-17-13-21(31-12-8-11-20(16-31)29-24(33)35-26(2,3)4)22-23(28-17)30(5)25(34)32(22)15-19-10-7-6-9-18(19)14-27/h6-7,9-10,13,20H,8,11-12,15-16H2,1-5H3,(H,29,33). The number of rotatable bonds is 4. The Bertz CT molecular complexity index is 1360. The summed E-state index contributed by atoms with van der Waals surface area (Å²) in [4.78, 5) is 32.5. The Balaban J connectivity index is 1.72.